The molecule has 23 heavy (non-hydrogen) atoms. The first-order valence-corrected chi connectivity index (χ1v) is 6.51. The van der Waals surface area contributed by atoms with Gasteiger partial charge in [0.1, 0.15) is 17.4 Å². The number of benzene rings is 1. The van der Waals surface area contributed by atoms with E-state index in [0.29, 0.717) is 6.07 Å². The van der Waals surface area contributed by atoms with Gasteiger partial charge < -0.3 is 14.0 Å². The Kier molecular flexibility index (Phi) is 4.73. The molecule has 0 bridgehead atoms. The summed E-state index contributed by atoms with van der Waals surface area (Å²) in [4.78, 5) is 24.2. The summed E-state index contributed by atoms with van der Waals surface area (Å²) >= 11 is 0. The standard InChI is InChI=1S/C15H12F3NO4/c1-3-23-15(21)9-7-19(5-4-16)12-8(13(9)20)6-10(17)11(18)14(12)22-2/h4-7H,3H2,1-2H3. The maximum absolute atomic E-state index is 13.8. The van der Waals surface area contributed by atoms with Crippen molar-refractivity contribution in [2.75, 3.05) is 13.7 Å². The van der Waals surface area contributed by atoms with Crippen molar-refractivity contribution in [3.8, 4) is 5.75 Å². The molecule has 0 unspecified atom stereocenters. The molecule has 0 radical (unpaired) electrons. The second kappa shape index (κ2) is 6.55. The third kappa shape index (κ3) is 2.79. The van der Waals surface area contributed by atoms with E-state index in [4.69, 9.17) is 9.47 Å². The van der Waals surface area contributed by atoms with Crippen molar-refractivity contribution >= 4 is 23.1 Å². The van der Waals surface area contributed by atoms with Crippen LogP contribution in [-0.2, 0) is 4.74 Å². The summed E-state index contributed by atoms with van der Waals surface area (Å²) in [5, 5.41) is -0.343. The molecule has 0 saturated carbocycles. The van der Waals surface area contributed by atoms with Crippen LogP contribution in [-0.4, -0.2) is 24.3 Å². The molecule has 122 valence electrons. The van der Waals surface area contributed by atoms with Crippen molar-refractivity contribution in [2.24, 2.45) is 0 Å². The molecule has 1 heterocycles. The molecule has 5 nitrogen and oxygen atoms in total. The number of hydrogen-bond donors (Lipinski definition) is 0. The Labute approximate surface area is 128 Å². The highest BCUT2D eigenvalue weighted by Crippen LogP contribution is 2.30. The zero-order valence-corrected chi connectivity index (χ0v) is 12.2. The molecule has 0 amide bonds. The molecule has 1 aromatic heterocycles. The first-order chi connectivity index (χ1) is 11.0. The maximum atomic E-state index is 13.8. The summed E-state index contributed by atoms with van der Waals surface area (Å²) in [6.45, 7) is 1.55. The van der Waals surface area contributed by atoms with E-state index in [1.54, 1.807) is 0 Å². The number of carbonyl (C=O) groups excluding carboxylic acids is 1. The van der Waals surface area contributed by atoms with Gasteiger partial charge in [0.15, 0.2) is 11.6 Å². The van der Waals surface area contributed by atoms with Gasteiger partial charge in [0.2, 0.25) is 11.2 Å². The Hall–Kier alpha value is -2.77. The lowest BCUT2D eigenvalue weighted by Gasteiger charge is -2.13. The van der Waals surface area contributed by atoms with Crippen molar-refractivity contribution in [1.29, 1.82) is 0 Å². The fraction of sp³-hybridized carbons (Fsp3) is 0.200. The molecular weight excluding hydrogens is 315 g/mol. The third-order valence-corrected chi connectivity index (χ3v) is 3.08. The molecule has 8 heteroatoms. The zero-order chi connectivity index (χ0) is 17.1. The lowest BCUT2D eigenvalue weighted by atomic mass is 10.1. The van der Waals surface area contributed by atoms with Crippen molar-refractivity contribution in [1.82, 2.24) is 4.57 Å². The van der Waals surface area contributed by atoms with E-state index in [1.807, 2.05) is 0 Å². The number of esters is 1. The van der Waals surface area contributed by atoms with Crippen molar-refractivity contribution in [3.05, 3.63) is 46.0 Å². The summed E-state index contributed by atoms with van der Waals surface area (Å²) in [6.07, 6.45) is 1.91. The number of halogens is 3. The van der Waals surface area contributed by atoms with Crippen LogP contribution in [0.5, 0.6) is 5.75 Å². The average molecular weight is 327 g/mol. The number of rotatable bonds is 4. The van der Waals surface area contributed by atoms with Gasteiger partial charge in [-0.1, -0.05) is 0 Å². The van der Waals surface area contributed by atoms with Gasteiger partial charge in [0, 0.05) is 12.4 Å². The highest BCUT2D eigenvalue weighted by Gasteiger charge is 2.22. The minimum absolute atomic E-state index is 0.0103. The monoisotopic (exact) mass is 327 g/mol. The first kappa shape index (κ1) is 16.6. The zero-order valence-electron chi connectivity index (χ0n) is 12.2. The van der Waals surface area contributed by atoms with Gasteiger partial charge in [-0.2, -0.15) is 4.39 Å². The van der Waals surface area contributed by atoms with Crippen LogP contribution in [0.3, 0.4) is 0 Å². The molecular formula is C15H12F3NO4. The Morgan fingerprint density at radius 3 is 2.65 bits per heavy atom. The fourth-order valence-electron chi connectivity index (χ4n) is 2.15. The van der Waals surface area contributed by atoms with Gasteiger partial charge in [0.05, 0.1) is 19.1 Å². The fourth-order valence-corrected chi connectivity index (χ4v) is 2.15. The van der Waals surface area contributed by atoms with Crippen LogP contribution in [0.15, 0.2) is 23.4 Å². The van der Waals surface area contributed by atoms with Gasteiger partial charge in [-0.05, 0) is 13.0 Å². The van der Waals surface area contributed by atoms with Gasteiger partial charge in [-0.15, -0.1) is 0 Å². The Morgan fingerprint density at radius 2 is 2.09 bits per heavy atom. The van der Waals surface area contributed by atoms with Crippen LogP contribution in [0.2, 0.25) is 0 Å². The summed E-state index contributed by atoms with van der Waals surface area (Å²) in [7, 11) is 1.07. The van der Waals surface area contributed by atoms with Gasteiger partial charge >= 0.3 is 5.97 Å². The molecule has 0 spiro atoms. The largest absolute Gasteiger partial charge is 0.491 e. The van der Waals surface area contributed by atoms with E-state index in [-0.39, 0.29) is 23.8 Å². The lowest BCUT2D eigenvalue weighted by Crippen LogP contribution is -2.20. The van der Waals surface area contributed by atoms with Crippen molar-refractivity contribution in [3.63, 3.8) is 0 Å². The molecule has 0 saturated heterocycles. The SMILES string of the molecule is CCOC(=O)c1cn(C=CF)c2c(OC)c(F)c(F)cc2c1=O. The quantitative estimate of drug-likeness (QED) is 0.810. The van der Waals surface area contributed by atoms with Crippen molar-refractivity contribution in [2.45, 2.75) is 6.92 Å². The predicted molar refractivity (Wildman–Crippen MR) is 77.1 cm³/mol. The van der Waals surface area contributed by atoms with E-state index in [0.717, 1.165) is 24.1 Å². The number of hydrogen-bond acceptors (Lipinski definition) is 4. The van der Waals surface area contributed by atoms with E-state index >= 15 is 0 Å². The van der Waals surface area contributed by atoms with Gasteiger partial charge in [-0.3, -0.25) is 4.79 Å². The number of methoxy groups -OCH3 is 1. The van der Waals surface area contributed by atoms with E-state index in [2.05, 4.69) is 0 Å². The minimum Gasteiger partial charge on any atom is -0.491 e. The number of nitrogens with zero attached hydrogens (tertiary/aromatic N) is 1. The van der Waals surface area contributed by atoms with Crippen LogP contribution in [0, 0.1) is 11.6 Å². The molecule has 0 aliphatic rings. The Balaban J connectivity index is 2.98. The first-order valence-electron chi connectivity index (χ1n) is 6.51. The minimum atomic E-state index is -1.33. The summed E-state index contributed by atoms with van der Waals surface area (Å²) < 4.78 is 50.6. The van der Waals surface area contributed by atoms with Crippen LogP contribution in [0.4, 0.5) is 13.2 Å². The Bertz CT molecular complexity index is 858. The van der Waals surface area contributed by atoms with Crippen LogP contribution < -0.4 is 10.2 Å². The molecule has 2 rings (SSSR count). The van der Waals surface area contributed by atoms with Crippen LogP contribution in [0.1, 0.15) is 17.3 Å². The number of ether oxygens (including phenoxy) is 2. The molecule has 0 fully saturated rings. The van der Waals surface area contributed by atoms with Crippen LogP contribution in [0.25, 0.3) is 17.1 Å². The number of fused-ring (bicyclic) bond motifs is 1. The third-order valence-electron chi connectivity index (χ3n) is 3.08. The van der Waals surface area contributed by atoms with Crippen molar-refractivity contribution < 1.29 is 27.4 Å². The van der Waals surface area contributed by atoms with Gasteiger partial charge in [-0.25, -0.2) is 13.6 Å². The average Bonchev–Trinajstić information content (AvgIpc) is 2.52. The lowest BCUT2D eigenvalue weighted by molar-refractivity contribution is 0.0524. The summed E-state index contributed by atoms with van der Waals surface area (Å²) in [5.41, 5.74) is -1.52. The molecule has 0 aliphatic carbocycles. The Morgan fingerprint density at radius 1 is 1.39 bits per heavy atom. The highest BCUT2D eigenvalue weighted by atomic mass is 19.2. The summed E-state index contributed by atoms with van der Waals surface area (Å²) in [6, 6.07) is 0.626. The predicted octanol–water partition coefficient (Wildman–Crippen LogP) is 2.86. The smallest absolute Gasteiger partial charge is 0.343 e. The second-order valence-corrected chi connectivity index (χ2v) is 4.38. The maximum Gasteiger partial charge on any atom is 0.343 e. The van der Waals surface area contributed by atoms with Gasteiger partial charge in [0.25, 0.3) is 0 Å². The highest BCUT2D eigenvalue weighted by molar-refractivity contribution is 5.96. The van der Waals surface area contributed by atoms with E-state index < -0.39 is 34.3 Å². The topological polar surface area (TPSA) is 57.5 Å². The molecule has 0 N–H and O–H groups in total. The van der Waals surface area contributed by atoms with Crippen LogP contribution >= 0.6 is 0 Å². The second-order valence-electron chi connectivity index (χ2n) is 4.38. The number of pyridine rings is 1. The molecule has 0 atom stereocenters. The molecule has 0 aliphatic heterocycles. The number of carbonyl (C=O) groups is 1. The molecule has 2 aromatic rings. The molecule has 1 aromatic carbocycles. The van der Waals surface area contributed by atoms with E-state index in [1.165, 1.54) is 6.92 Å². The summed E-state index contributed by atoms with van der Waals surface area (Å²) in [5.74, 6) is -4.19. The van der Waals surface area contributed by atoms with E-state index in [9.17, 15) is 22.8 Å². The number of aromatic nitrogens is 1. The normalized spacial score (nSPS) is 11.2.